The Morgan fingerprint density at radius 1 is 0.861 bits per heavy atom. The van der Waals surface area contributed by atoms with Gasteiger partial charge in [0.25, 0.3) is 6.47 Å². The van der Waals surface area contributed by atoms with Crippen molar-refractivity contribution in [2.45, 2.75) is 41.4 Å². The first-order valence-corrected chi connectivity index (χ1v) is 12.1. The summed E-state index contributed by atoms with van der Waals surface area (Å²) in [6.45, 7) is 0.331. The summed E-state index contributed by atoms with van der Waals surface area (Å²) in [7, 11) is 0. The van der Waals surface area contributed by atoms with Gasteiger partial charge in [0.1, 0.15) is 11.5 Å². The third-order valence-electron chi connectivity index (χ3n) is 5.48. The van der Waals surface area contributed by atoms with E-state index in [1.165, 1.54) is 23.9 Å². The number of hydrogen-bond acceptors (Lipinski definition) is 8. The Bertz CT molecular complexity index is 1140. The van der Waals surface area contributed by atoms with Crippen LogP contribution in [0.15, 0.2) is 95.9 Å². The van der Waals surface area contributed by atoms with E-state index in [2.05, 4.69) is 0 Å². The number of thioether (sulfide) groups is 1. The minimum absolute atomic E-state index is 0.135. The van der Waals surface area contributed by atoms with Crippen molar-refractivity contribution in [2.24, 2.45) is 0 Å². The second kappa shape index (κ2) is 12.3. The molecule has 0 aromatic heterocycles. The molecule has 0 aliphatic carbocycles. The summed E-state index contributed by atoms with van der Waals surface area (Å²) in [5.74, 6) is -2.13. The molecule has 186 valence electrons. The highest BCUT2D eigenvalue weighted by atomic mass is 32.2. The molecule has 1 N–H and O–H groups in total. The first-order chi connectivity index (χ1) is 17.6. The van der Waals surface area contributed by atoms with E-state index in [-0.39, 0.29) is 18.6 Å². The van der Waals surface area contributed by atoms with Crippen LogP contribution >= 0.6 is 11.8 Å². The number of rotatable bonds is 10. The number of carboxylic acid groups (broad SMARTS) is 1. The van der Waals surface area contributed by atoms with E-state index in [0.717, 1.165) is 10.5 Å². The molecule has 1 heterocycles. The fourth-order valence-electron chi connectivity index (χ4n) is 3.79. The summed E-state index contributed by atoms with van der Waals surface area (Å²) in [6, 6.07) is 26.6. The van der Waals surface area contributed by atoms with Gasteiger partial charge < -0.3 is 24.1 Å². The maximum absolute atomic E-state index is 12.8. The molecule has 1 saturated heterocycles. The van der Waals surface area contributed by atoms with Crippen molar-refractivity contribution in [2.75, 3.05) is 0 Å². The zero-order valence-electron chi connectivity index (χ0n) is 19.0. The summed E-state index contributed by atoms with van der Waals surface area (Å²) in [5, 5.41) is 9.95. The van der Waals surface area contributed by atoms with Crippen LogP contribution in [0.5, 0.6) is 0 Å². The molecule has 3 aromatic rings. The van der Waals surface area contributed by atoms with Crippen LogP contribution in [0.2, 0.25) is 0 Å². The number of aliphatic carboxylic acids is 1. The lowest BCUT2D eigenvalue weighted by molar-refractivity contribution is -0.227. The van der Waals surface area contributed by atoms with Gasteiger partial charge in [0.2, 0.25) is 0 Å². The van der Waals surface area contributed by atoms with Crippen LogP contribution in [0, 0.1) is 0 Å². The number of carboxylic acids is 1. The Hall–Kier alpha value is -3.66. The third kappa shape index (κ3) is 6.31. The highest BCUT2D eigenvalue weighted by Crippen LogP contribution is 2.37. The first kappa shape index (κ1) is 25.4. The lowest BCUT2D eigenvalue weighted by Crippen LogP contribution is -2.61. The number of benzene rings is 3. The number of ether oxygens (including phenoxy) is 4. The molecule has 0 radical (unpaired) electrons. The number of hydrogen-bond donors (Lipinski definition) is 1. The molecule has 3 aromatic carbocycles. The molecule has 0 bridgehead atoms. The first-order valence-electron chi connectivity index (χ1n) is 11.2. The Morgan fingerprint density at radius 2 is 1.47 bits per heavy atom. The quantitative estimate of drug-likeness (QED) is 0.322. The Balaban J connectivity index is 1.66. The summed E-state index contributed by atoms with van der Waals surface area (Å²) in [4.78, 5) is 37.4. The molecule has 0 saturated carbocycles. The van der Waals surface area contributed by atoms with E-state index in [0.29, 0.717) is 0 Å². The minimum Gasteiger partial charge on any atom is -0.479 e. The maximum atomic E-state index is 12.8. The molecule has 0 spiro atoms. The Morgan fingerprint density at radius 3 is 2.08 bits per heavy atom. The van der Waals surface area contributed by atoms with Gasteiger partial charge in [-0.05, 0) is 29.8 Å². The van der Waals surface area contributed by atoms with E-state index in [4.69, 9.17) is 18.9 Å². The molecule has 5 atom stereocenters. The smallest absolute Gasteiger partial charge is 0.338 e. The molecule has 9 heteroatoms. The van der Waals surface area contributed by atoms with Gasteiger partial charge in [-0.3, -0.25) is 4.79 Å². The van der Waals surface area contributed by atoms with E-state index in [1.54, 1.807) is 18.2 Å². The van der Waals surface area contributed by atoms with Crippen molar-refractivity contribution >= 4 is 30.2 Å². The van der Waals surface area contributed by atoms with Gasteiger partial charge in [-0.2, -0.15) is 0 Å². The van der Waals surface area contributed by atoms with Crippen LogP contribution in [0.25, 0.3) is 0 Å². The highest BCUT2D eigenvalue weighted by Gasteiger charge is 2.53. The normalized spacial score (nSPS) is 23.4. The van der Waals surface area contributed by atoms with E-state index in [9.17, 15) is 19.5 Å². The van der Waals surface area contributed by atoms with Crippen LogP contribution < -0.4 is 0 Å². The van der Waals surface area contributed by atoms with Crippen molar-refractivity contribution < 1.29 is 38.4 Å². The summed E-state index contributed by atoms with van der Waals surface area (Å²) in [5.41, 5.74) is 0.187. The Labute approximate surface area is 212 Å². The molecule has 0 unspecified atom stereocenters. The standard InChI is InChI=1S/C27H24O8S/c28-17-33-21-22(34-26(31)19-12-6-2-7-13-19)23(25(29)30)35-27(36-20-14-8-3-9-15-20)24(21)32-16-18-10-4-1-5-11-18/h1-15,17,21-24,27H,16H2,(H,29,30)/t21-,22-,23-,24+,27+/m0/s1. The molecule has 1 aliphatic heterocycles. The summed E-state index contributed by atoms with van der Waals surface area (Å²) >= 11 is 1.23. The lowest BCUT2D eigenvalue weighted by atomic mass is 9.98. The maximum Gasteiger partial charge on any atom is 0.338 e. The van der Waals surface area contributed by atoms with Gasteiger partial charge in [0, 0.05) is 4.90 Å². The predicted molar refractivity (Wildman–Crippen MR) is 130 cm³/mol. The van der Waals surface area contributed by atoms with E-state index < -0.39 is 41.8 Å². The van der Waals surface area contributed by atoms with E-state index >= 15 is 0 Å². The molecule has 0 amide bonds. The van der Waals surface area contributed by atoms with Gasteiger partial charge in [0.05, 0.1) is 12.2 Å². The molecule has 4 rings (SSSR count). The average molecular weight is 509 g/mol. The van der Waals surface area contributed by atoms with Gasteiger partial charge in [-0.15, -0.1) is 0 Å². The number of carbonyl (C=O) groups excluding carboxylic acids is 2. The summed E-state index contributed by atoms with van der Waals surface area (Å²) in [6.07, 6.45) is -5.24. The third-order valence-corrected chi connectivity index (χ3v) is 6.64. The van der Waals surface area contributed by atoms with Gasteiger partial charge in [-0.25, -0.2) is 9.59 Å². The molecular weight excluding hydrogens is 484 g/mol. The minimum atomic E-state index is -1.60. The second-order valence-electron chi connectivity index (χ2n) is 7.89. The Kier molecular flexibility index (Phi) is 8.72. The lowest BCUT2D eigenvalue weighted by Gasteiger charge is -2.43. The van der Waals surface area contributed by atoms with Crippen LogP contribution in [0.1, 0.15) is 15.9 Å². The number of esters is 1. The molecule has 1 aliphatic rings. The van der Waals surface area contributed by atoms with Gasteiger partial charge >= 0.3 is 11.9 Å². The van der Waals surface area contributed by atoms with Crippen molar-refractivity contribution in [3.63, 3.8) is 0 Å². The topological polar surface area (TPSA) is 108 Å². The predicted octanol–water partition coefficient (Wildman–Crippen LogP) is 3.94. The average Bonchev–Trinajstić information content (AvgIpc) is 2.91. The molecular formula is C27H24O8S. The fourth-order valence-corrected chi connectivity index (χ4v) is 4.92. The molecule has 8 nitrogen and oxygen atoms in total. The van der Waals surface area contributed by atoms with Gasteiger partial charge in [-0.1, -0.05) is 78.5 Å². The van der Waals surface area contributed by atoms with Crippen molar-refractivity contribution in [1.82, 2.24) is 0 Å². The van der Waals surface area contributed by atoms with E-state index in [1.807, 2.05) is 60.7 Å². The fraction of sp³-hybridized carbons (Fsp3) is 0.222. The SMILES string of the molecule is O=CO[C@@H]1[C@@H](OCc2ccccc2)[C@@H](Sc2ccccc2)O[C@H](C(=O)O)[C@H]1OC(=O)c1ccccc1. The summed E-state index contributed by atoms with van der Waals surface area (Å²) < 4.78 is 23.0. The zero-order chi connectivity index (χ0) is 25.3. The van der Waals surface area contributed by atoms with Crippen molar-refractivity contribution in [3.05, 3.63) is 102 Å². The number of carbonyl (C=O) groups is 3. The van der Waals surface area contributed by atoms with Crippen molar-refractivity contribution in [3.8, 4) is 0 Å². The van der Waals surface area contributed by atoms with Crippen LogP contribution in [-0.4, -0.2) is 53.4 Å². The zero-order valence-corrected chi connectivity index (χ0v) is 19.9. The monoisotopic (exact) mass is 508 g/mol. The second-order valence-corrected chi connectivity index (χ2v) is 9.06. The molecule has 1 fully saturated rings. The van der Waals surface area contributed by atoms with Gasteiger partial charge in [0.15, 0.2) is 18.3 Å². The van der Waals surface area contributed by atoms with Crippen LogP contribution in [0.3, 0.4) is 0 Å². The highest BCUT2D eigenvalue weighted by molar-refractivity contribution is 7.99. The molecule has 36 heavy (non-hydrogen) atoms. The van der Waals surface area contributed by atoms with Crippen LogP contribution in [-0.2, 0) is 35.1 Å². The largest absolute Gasteiger partial charge is 0.479 e. The van der Waals surface area contributed by atoms with Crippen LogP contribution in [0.4, 0.5) is 0 Å². The van der Waals surface area contributed by atoms with Crippen molar-refractivity contribution in [1.29, 1.82) is 0 Å².